The molecule has 0 saturated carbocycles. The lowest BCUT2D eigenvalue weighted by Crippen LogP contribution is -2.45. The van der Waals surface area contributed by atoms with Gasteiger partial charge in [-0.1, -0.05) is 30.3 Å². The van der Waals surface area contributed by atoms with Crippen LogP contribution in [0.25, 0.3) is 0 Å². The predicted molar refractivity (Wildman–Crippen MR) is 83.8 cm³/mol. The second kappa shape index (κ2) is 8.15. The summed E-state index contributed by atoms with van der Waals surface area (Å²) < 4.78 is 0. The lowest BCUT2D eigenvalue weighted by Gasteiger charge is -2.34. The van der Waals surface area contributed by atoms with Crippen LogP contribution in [0.15, 0.2) is 30.3 Å². The van der Waals surface area contributed by atoms with Gasteiger partial charge in [0.2, 0.25) is 5.91 Å². The minimum atomic E-state index is 0.0417. The molecule has 116 valence electrons. The van der Waals surface area contributed by atoms with Gasteiger partial charge in [0, 0.05) is 26.2 Å². The van der Waals surface area contributed by atoms with Crippen LogP contribution in [0.2, 0.25) is 0 Å². The van der Waals surface area contributed by atoms with Gasteiger partial charge in [-0.15, -0.1) is 0 Å². The zero-order chi connectivity index (χ0) is 15.1. The maximum atomic E-state index is 12.5. The maximum Gasteiger partial charge on any atom is 0.227 e. The number of amides is 1. The molecule has 4 heteroatoms. The van der Waals surface area contributed by atoms with Gasteiger partial charge in [-0.25, -0.2) is 0 Å². The van der Waals surface area contributed by atoms with E-state index in [0.717, 1.165) is 32.5 Å². The fraction of sp³-hybridized carbons (Fsp3) is 0.588. The Kier molecular flexibility index (Phi) is 6.21. The fourth-order valence-electron chi connectivity index (χ4n) is 3.05. The van der Waals surface area contributed by atoms with Crippen molar-refractivity contribution in [3.05, 3.63) is 35.9 Å². The van der Waals surface area contributed by atoms with Gasteiger partial charge in [0.15, 0.2) is 0 Å². The average molecular weight is 290 g/mol. The van der Waals surface area contributed by atoms with E-state index in [0.29, 0.717) is 13.1 Å². The summed E-state index contributed by atoms with van der Waals surface area (Å²) in [4.78, 5) is 16.6. The van der Waals surface area contributed by atoms with Crippen LogP contribution >= 0.6 is 0 Å². The van der Waals surface area contributed by atoms with E-state index in [1.54, 1.807) is 4.90 Å². The summed E-state index contributed by atoms with van der Waals surface area (Å²) in [7, 11) is 0. The lowest BCUT2D eigenvalue weighted by molar-refractivity contribution is -0.137. The van der Waals surface area contributed by atoms with Gasteiger partial charge in [-0.3, -0.25) is 9.69 Å². The summed E-state index contributed by atoms with van der Waals surface area (Å²) in [6, 6.07) is 10.4. The number of aliphatic hydroxyl groups excluding tert-OH is 1. The molecule has 1 amide bonds. The number of hydrogen-bond donors (Lipinski definition) is 1. The van der Waals surface area contributed by atoms with Crippen LogP contribution < -0.4 is 0 Å². The molecule has 21 heavy (non-hydrogen) atoms. The highest BCUT2D eigenvalue weighted by atomic mass is 16.3. The highest BCUT2D eigenvalue weighted by Crippen LogP contribution is 2.20. The van der Waals surface area contributed by atoms with E-state index < -0.39 is 0 Å². The number of rotatable bonds is 6. The monoisotopic (exact) mass is 290 g/mol. The van der Waals surface area contributed by atoms with Crippen LogP contribution in [-0.4, -0.2) is 53.6 Å². The summed E-state index contributed by atoms with van der Waals surface area (Å²) in [5, 5.41) is 9.06. The highest BCUT2D eigenvalue weighted by molar-refractivity contribution is 5.79. The molecule has 0 radical (unpaired) electrons. The number of carbonyl (C=O) groups is 1. The molecule has 1 aromatic carbocycles. The molecule has 0 bridgehead atoms. The van der Waals surface area contributed by atoms with E-state index in [-0.39, 0.29) is 18.4 Å². The number of carbonyl (C=O) groups excluding carboxylic acids is 1. The van der Waals surface area contributed by atoms with Crippen molar-refractivity contribution in [1.29, 1.82) is 0 Å². The molecule has 1 N–H and O–H groups in total. The van der Waals surface area contributed by atoms with Crippen LogP contribution in [0.3, 0.4) is 0 Å². The van der Waals surface area contributed by atoms with Gasteiger partial charge in [0.1, 0.15) is 0 Å². The molecule has 1 aliphatic rings. The molecule has 4 nitrogen and oxygen atoms in total. The zero-order valence-corrected chi connectivity index (χ0v) is 12.9. The Hall–Kier alpha value is -1.39. The first kappa shape index (κ1) is 16.0. The minimum Gasteiger partial charge on any atom is -0.395 e. The third kappa shape index (κ3) is 4.55. The van der Waals surface area contributed by atoms with Crippen LogP contribution in [-0.2, 0) is 11.3 Å². The Morgan fingerprint density at radius 3 is 2.81 bits per heavy atom. The van der Waals surface area contributed by atoms with Crippen LogP contribution in [0, 0.1) is 5.92 Å². The van der Waals surface area contributed by atoms with Crippen molar-refractivity contribution in [3.8, 4) is 0 Å². The highest BCUT2D eigenvalue weighted by Gasteiger charge is 2.28. The first-order chi connectivity index (χ1) is 10.2. The summed E-state index contributed by atoms with van der Waals surface area (Å²) >= 11 is 0. The molecule has 1 unspecified atom stereocenters. The predicted octanol–water partition coefficient (Wildman–Crippen LogP) is 1.74. The van der Waals surface area contributed by atoms with Gasteiger partial charge in [-0.2, -0.15) is 0 Å². The summed E-state index contributed by atoms with van der Waals surface area (Å²) in [6.45, 7) is 5.94. The van der Waals surface area contributed by atoms with Crippen LogP contribution in [0.1, 0.15) is 25.3 Å². The SMILES string of the molecule is CCN(CCO)C(=O)C1CCCN(Cc2ccccc2)C1. The normalized spacial score (nSPS) is 19.4. The number of aliphatic hydroxyl groups is 1. The van der Waals surface area contributed by atoms with Gasteiger partial charge in [0.25, 0.3) is 0 Å². The van der Waals surface area contributed by atoms with Crippen molar-refractivity contribution in [2.75, 3.05) is 32.8 Å². The van der Waals surface area contributed by atoms with Crippen molar-refractivity contribution >= 4 is 5.91 Å². The van der Waals surface area contributed by atoms with E-state index in [2.05, 4.69) is 29.2 Å². The molecule has 1 fully saturated rings. The van der Waals surface area contributed by atoms with E-state index in [4.69, 9.17) is 5.11 Å². The molecule has 1 aliphatic heterocycles. The number of piperidine rings is 1. The summed E-state index contributed by atoms with van der Waals surface area (Å²) in [5.41, 5.74) is 1.30. The molecule has 1 saturated heterocycles. The van der Waals surface area contributed by atoms with Crippen molar-refractivity contribution in [2.45, 2.75) is 26.3 Å². The Bertz CT molecular complexity index is 436. The first-order valence-electron chi connectivity index (χ1n) is 7.90. The number of hydrogen-bond acceptors (Lipinski definition) is 3. The smallest absolute Gasteiger partial charge is 0.227 e. The number of benzene rings is 1. The summed E-state index contributed by atoms with van der Waals surface area (Å²) in [5.74, 6) is 0.276. The van der Waals surface area contributed by atoms with E-state index in [9.17, 15) is 4.79 Å². The number of likely N-dealkylation sites (N-methyl/N-ethyl adjacent to an activating group) is 1. The second-order valence-electron chi connectivity index (χ2n) is 5.70. The van der Waals surface area contributed by atoms with Crippen molar-refractivity contribution in [2.24, 2.45) is 5.92 Å². The quantitative estimate of drug-likeness (QED) is 0.868. The van der Waals surface area contributed by atoms with Crippen LogP contribution in [0.5, 0.6) is 0 Å². The van der Waals surface area contributed by atoms with Crippen LogP contribution in [0.4, 0.5) is 0 Å². The fourth-order valence-corrected chi connectivity index (χ4v) is 3.05. The topological polar surface area (TPSA) is 43.8 Å². The zero-order valence-electron chi connectivity index (χ0n) is 12.9. The third-order valence-corrected chi connectivity index (χ3v) is 4.17. The van der Waals surface area contributed by atoms with E-state index in [1.807, 2.05) is 13.0 Å². The van der Waals surface area contributed by atoms with Crippen molar-refractivity contribution in [3.63, 3.8) is 0 Å². The molecule has 2 rings (SSSR count). The molecular weight excluding hydrogens is 264 g/mol. The summed E-state index contributed by atoms with van der Waals surface area (Å²) in [6.07, 6.45) is 2.03. The van der Waals surface area contributed by atoms with E-state index in [1.165, 1.54) is 5.56 Å². The Balaban J connectivity index is 1.92. The average Bonchev–Trinajstić information content (AvgIpc) is 2.53. The van der Waals surface area contributed by atoms with E-state index >= 15 is 0 Å². The Morgan fingerprint density at radius 2 is 2.14 bits per heavy atom. The minimum absolute atomic E-state index is 0.0417. The largest absolute Gasteiger partial charge is 0.395 e. The lowest BCUT2D eigenvalue weighted by atomic mass is 9.96. The number of likely N-dealkylation sites (tertiary alicyclic amines) is 1. The third-order valence-electron chi connectivity index (χ3n) is 4.17. The number of nitrogens with zero attached hydrogens (tertiary/aromatic N) is 2. The van der Waals surface area contributed by atoms with Gasteiger partial charge in [-0.05, 0) is 31.9 Å². The molecule has 1 heterocycles. The Labute approximate surface area is 127 Å². The maximum absolute atomic E-state index is 12.5. The molecule has 0 aromatic heterocycles. The molecule has 0 aliphatic carbocycles. The van der Waals surface area contributed by atoms with Crippen molar-refractivity contribution < 1.29 is 9.90 Å². The molecule has 0 spiro atoms. The standard InChI is InChI=1S/C17H26N2O2/c1-2-19(11-12-20)17(21)16-9-6-10-18(14-16)13-15-7-4-3-5-8-15/h3-5,7-8,16,20H,2,6,9-14H2,1H3. The molecule has 1 atom stereocenters. The first-order valence-corrected chi connectivity index (χ1v) is 7.90. The Morgan fingerprint density at radius 1 is 1.38 bits per heavy atom. The molecule has 1 aromatic rings. The van der Waals surface area contributed by atoms with Gasteiger partial charge < -0.3 is 10.0 Å². The molecular formula is C17H26N2O2. The van der Waals surface area contributed by atoms with Crippen molar-refractivity contribution in [1.82, 2.24) is 9.80 Å². The van der Waals surface area contributed by atoms with Gasteiger partial charge in [0.05, 0.1) is 12.5 Å². The second-order valence-corrected chi connectivity index (χ2v) is 5.70. The van der Waals surface area contributed by atoms with Gasteiger partial charge >= 0.3 is 0 Å².